The summed E-state index contributed by atoms with van der Waals surface area (Å²) in [7, 11) is 0. The fourth-order valence-electron chi connectivity index (χ4n) is 3.95. The minimum Gasteiger partial charge on any atom is -0.507 e. The number of phenols is 1. The molecule has 35 heavy (non-hydrogen) atoms. The maximum Gasteiger partial charge on any atom is 0.278 e. The third-order valence-electron chi connectivity index (χ3n) is 5.73. The van der Waals surface area contributed by atoms with Gasteiger partial charge in [0, 0.05) is 16.7 Å². The second-order valence-corrected chi connectivity index (χ2v) is 10.5. The molecule has 9 heteroatoms. The average molecular weight is 550 g/mol. The highest BCUT2D eigenvalue weighted by Gasteiger charge is 2.33. The summed E-state index contributed by atoms with van der Waals surface area (Å²) in [6.45, 7) is 16.9. The first-order valence-electron chi connectivity index (χ1n) is 11.7. The van der Waals surface area contributed by atoms with Crippen molar-refractivity contribution in [3.05, 3.63) is 40.2 Å². The van der Waals surface area contributed by atoms with Crippen molar-refractivity contribution in [1.82, 2.24) is 14.9 Å². The van der Waals surface area contributed by atoms with Crippen LogP contribution < -0.4 is 9.47 Å². The molecule has 0 bridgehead atoms. The van der Waals surface area contributed by atoms with Gasteiger partial charge in [0.15, 0.2) is 5.78 Å². The van der Waals surface area contributed by atoms with Gasteiger partial charge in [-0.1, -0.05) is 41.5 Å². The van der Waals surface area contributed by atoms with Gasteiger partial charge in [-0.2, -0.15) is 0 Å². The van der Waals surface area contributed by atoms with Crippen molar-refractivity contribution in [2.24, 2.45) is 0 Å². The molecule has 3 rings (SSSR count). The van der Waals surface area contributed by atoms with Crippen LogP contribution in [0.15, 0.2) is 12.1 Å². The lowest BCUT2D eigenvalue weighted by Crippen LogP contribution is -2.31. The lowest BCUT2D eigenvalue weighted by atomic mass is 9.78. The Morgan fingerprint density at radius 2 is 1.49 bits per heavy atom. The van der Waals surface area contributed by atoms with E-state index < -0.39 is 0 Å². The number of hydrogen-bond acceptors (Lipinski definition) is 7. The van der Waals surface area contributed by atoms with Gasteiger partial charge in [0.05, 0.1) is 32.0 Å². The minimum atomic E-state index is -0.337. The lowest BCUT2D eigenvalue weighted by molar-refractivity contribution is 0.0962. The number of carbonyl (C=O) groups excluding carboxylic acids is 1. The maximum atomic E-state index is 13.4. The van der Waals surface area contributed by atoms with E-state index in [0.717, 1.165) is 11.1 Å². The SMILES string of the molecule is Br.CCOc1nc2c(nc1OCC)C(=N)N(CC(=O)c1cc(C(C)(C)C)c(O)c(C(C)(C)C)c1)C2. The molecule has 2 heterocycles. The molecule has 0 radical (unpaired) electrons. The standard InChI is InChI=1S/C26H36N4O4.BrH/c1-9-33-23-24(34-10-2)29-20-18(28-23)13-30(22(20)27)14-19(31)15-11-16(25(3,4)5)21(32)17(12-15)26(6,7)8;/h11-12,27,32H,9-10,13-14H2,1-8H3;1H. The van der Waals surface area contributed by atoms with Crippen LogP contribution >= 0.6 is 17.0 Å². The molecule has 0 spiro atoms. The monoisotopic (exact) mass is 548 g/mol. The van der Waals surface area contributed by atoms with E-state index in [2.05, 4.69) is 9.97 Å². The summed E-state index contributed by atoms with van der Waals surface area (Å²) in [6, 6.07) is 3.55. The van der Waals surface area contributed by atoms with E-state index in [4.69, 9.17) is 14.9 Å². The van der Waals surface area contributed by atoms with E-state index in [9.17, 15) is 9.90 Å². The predicted molar refractivity (Wildman–Crippen MR) is 142 cm³/mol. The summed E-state index contributed by atoms with van der Waals surface area (Å²) < 4.78 is 11.1. The summed E-state index contributed by atoms with van der Waals surface area (Å²) in [4.78, 5) is 24.0. The first-order valence-corrected chi connectivity index (χ1v) is 11.7. The first-order chi connectivity index (χ1) is 15.8. The Morgan fingerprint density at radius 3 is 1.94 bits per heavy atom. The number of hydrogen-bond donors (Lipinski definition) is 2. The van der Waals surface area contributed by atoms with Crippen molar-refractivity contribution in [3.63, 3.8) is 0 Å². The van der Waals surface area contributed by atoms with E-state index in [1.807, 2.05) is 55.4 Å². The van der Waals surface area contributed by atoms with Gasteiger partial charge in [-0.25, -0.2) is 9.97 Å². The number of ether oxygens (including phenoxy) is 2. The molecule has 192 valence electrons. The molecule has 0 saturated carbocycles. The minimum absolute atomic E-state index is 0. The smallest absolute Gasteiger partial charge is 0.278 e. The third kappa shape index (κ3) is 5.94. The summed E-state index contributed by atoms with van der Waals surface area (Å²) >= 11 is 0. The van der Waals surface area contributed by atoms with Crippen LogP contribution in [0.2, 0.25) is 0 Å². The molecular formula is C26H37BrN4O4. The number of halogens is 1. The molecule has 1 aliphatic rings. The summed E-state index contributed by atoms with van der Waals surface area (Å²) in [5.41, 5.74) is 2.29. The Hall–Kier alpha value is -2.68. The Labute approximate surface area is 218 Å². The van der Waals surface area contributed by atoms with Gasteiger partial charge in [-0.3, -0.25) is 10.2 Å². The highest BCUT2D eigenvalue weighted by molar-refractivity contribution is 8.93. The summed E-state index contributed by atoms with van der Waals surface area (Å²) in [5, 5.41) is 19.6. The fourth-order valence-corrected chi connectivity index (χ4v) is 3.95. The number of benzene rings is 1. The van der Waals surface area contributed by atoms with Crippen LogP contribution in [0.4, 0.5) is 0 Å². The molecular weight excluding hydrogens is 512 g/mol. The van der Waals surface area contributed by atoms with Crippen molar-refractivity contribution in [1.29, 1.82) is 5.41 Å². The molecule has 1 aromatic heterocycles. The van der Waals surface area contributed by atoms with Gasteiger partial charge in [0.2, 0.25) is 0 Å². The van der Waals surface area contributed by atoms with Crippen LogP contribution in [0.25, 0.3) is 0 Å². The molecule has 0 saturated heterocycles. The van der Waals surface area contributed by atoms with E-state index >= 15 is 0 Å². The highest BCUT2D eigenvalue weighted by atomic mass is 79.9. The van der Waals surface area contributed by atoms with Gasteiger partial charge in [-0.15, -0.1) is 17.0 Å². The zero-order valence-electron chi connectivity index (χ0n) is 21.9. The van der Waals surface area contributed by atoms with Gasteiger partial charge in [0.1, 0.15) is 17.3 Å². The van der Waals surface area contributed by atoms with Gasteiger partial charge in [0.25, 0.3) is 11.8 Å². The Bertz CT molecular complexity index is 1080. The Kier molecular flexibility index (Phi) is 8.58. The topological polar surface area (TPSA) is 109 Å². The summed E-state index contributed by atoms with van der Waals surface area (Å²) in [5.74, 6) is 0.781. The number of Topliss-reactive ketones (excluding diaryl/α,β-unsaturated/α-hetero) is 1. The number of nitrogens with one attached hydrogen (secondary N) is 1. The first kappa shape index (κ1) is 28.6. The summed E-state index contributed by atoms with van der Waals surface area (Å²) in [6.07, 6.45) is 0. The molecule has 1 aliphatic heterocycles. The number of carbonyl (C=O) groups is 1. The molecule has 2 N–H and O–H groups in total. The van der Waals surface area contributed by atoms with Crippen LogP contribution in [-0.2, 0) is 17.4 Å². The number of ketones is 1. The number of aromatic hydroxyl groups is 1. The molecule has 1 aromatic carbocycles. The van der Waals surface area contributed by atoms with Crippen molar-refractivity contribution in [3.8, 4) is 17.5 Å². The Morgan fingerprint density at radius 1 is 1.00 bits per heavy atom. The van der Waals surface area contributed by atoms with Crippen molar-refractivity contribution >= 4 is 28.6 Å². The number of aromatic nitrogens is 2. The number of nitrogens with zero attached hydrogens (tertiary/aromatic N) is 3. The van der Waals surface area contributed by atoms with Crippen LogP contribution in [0.5, 0.6) is 17.5 Å². The number of fused-ring (bicyclic) bond motifs is 1. The zero-order valence-corrected chi connectivity index (χ0v) is 23.6. The van der Waals surface area contributed by atoms with E-state index in [1.54, 1.807) is 17.0 Å². The molecule has 2 aromatic rings. The molecule has 8 nitrogen and oxygen atoms in total. The number of rotatable bonds is 7. The van der Waals surface area contributed by atoms with E-state index in [0.29, 0.717) is 36.0 Å². The second kappa shape index (κ2) is 10.5. The second-order valence-electron chi connectivity index (χ2n) is 10.5. The number of phenolic OH excluding ortho intramolecular Hbond substituents is 1. The number of amidine groups is 1. The quantitative estimate of drug-likeness (QED) is 0.459. The normalized spacial score (nSPS) is 13.4. The maximum absolute atomic E-state index is 13.4. The molecule has 0 amide bonds. The van der Waals surface area contributed by atoms with E-state index in [-0.39, 0.29) is 64.1 Å². The lowest BCUT2D eigenvalue weighted by Gasteiger charge is -2.28. The van der Waals surface area contributed by atoms with Gasteiger partial charge < -0.3 is 19.5 Å². The third-order valence-corrected chi connectivity index (χ3v) is 5.73. The van der Waals surface area contributed by atoms with Crippen molar-refractivity contribution < 1.29 is 19.4 Å². The molecule has 0 fully saturated rings. The zero-order chi connectivity index (χ0) is 25.4. The van der Waals surface area contributed by atoms with Gasteiger partial charge in [-0.05, 0) is 36.8 Å². The molecule has 0 aliphatic carbocycles. The Balaban J connectivity index is 0.00000432. The van der Waals surface area contributed by atoms with Crippen LogP contribution in [0.3, 0.4) is 0 Å². The van der Waals surface area contributed by atoms with E-state index in [1.165, 1.54) is 0 Å². The van der Waals surface area contributed by atoms with Crippen molar-refractivity contribution in [2.75, 3.05) is 19.8 Å². The average Bonchev–Trinajstić information content (AvgIpc) is 3.01. The van der Waals surface area contributed by atoms with Crippen LogP contribution in [0, 0.1) is 5.41 Å². The predicted octanol–water partition coefficient (Wildman–Crippen LogP) is 5.18. The van der Waals surface area contributed by atoms with Crippen LogP contribution in [0.1, 0.15) is 88.3 Å². The van der Waals surface area contributed by atoms with Crippen LogP contribution in [-0.4, -0.2) is 51.4 Å². The highest BCUT2D eigenvalue weighted by Crippen LogP contribution is 2.40. The van der Waals surface area contributed by atoms with Crippen molar-refractivity contribution in [2.45, 2.75) is 72.8 Å². The molecule has 0 unspecified atom stereocenters. The fraction of sp³-hybridized carbons (Fsp3) is 0.538. The van der Waals surface area contributed by atoms with Gasteiger partial charge >= 0.3 is 0 Å². The molecule has 0 atom stereocenters. The largest absolute Gasteiger partial charge is 0.507 e.